The molecule has 152 valence electrons. The summed E-state index contributed by atoms with van der Waals surface area (Å²) >= 11 is 6.41. The molecule has 0 fully saturated rings. The largest absolute Gasteiger partial charge is 0.459 e. The average molecular weight is 430 g/mol. The fourth-order valence-corrected chi connectivity index (χ4v) is 3.53. The van der Waals surface area contributed by atoms with Gasteiger partial charge in [0.05, 0.1) is 16.8 Å². The van der Waals surface area contributed by atoms with Crippen molar-refractivity contribution in [2.24, 2.45) is 0 Å². The Labute approximate surface area is 181 Å². The van der Waals surface area contributed by atoms with Gasteiger partial charge in [0.1, 0.15) is 5.82 Å². The molecule has 1 amide bonds. The van der Waals surface area contributed by atoms with E-state index in [1.54, 1.807) is 36.5 Å². The van der Waals surface area contributed by atoms with Crippen molar-refractivity contribution in [3.8, 4) is 22.5 Å². The summed E-state index contributed by atoms with van der Waals surface area (Å²) in [5.41, 5.74) is 11.0. The lowest BCUT2D eigenvalue weighted by molar-refractivity contribution is 0.0996. The van der Waals surface area contributed by atoms with Crippen LogP contribution in [0.1, 0.15) is 10.6 Å². The summed E-state index contributed by atoms with van der Waals surface area (Å²) in [7, 11) is 0. The molecule has 3 heterocycles. The summed E-state index contributed by atoms with van der Waals surface area (Å²) in [6.45, 7) is 0. The third-order valence-electron chi connectivity index (χ3n) is 4.83. The number of imidazole rings is 1. The molecule has 0 spiro atoms. The Morgan fingerprint density at radius 2 is 1.94 bits per heavy atom. The molecule has 0 radical (unpaired) electrons. The van der Waals surface area contributed by atoms with Gasteiger partial charge in [0.2, 0.25) is 0 Å². The number of hydrogen-bond donors (Lipinski definition) is 3. The van der Waals surface area contributed by atoms with Crippen LogP contribution in [0.15, 0.2) is 77.5 Å². The molecular formula is C23H16ClN5O2. The van der Waals surface area contributed by atoms with Crippen molar-refractivity contribution < 1.29 is 9.21 Å². The molecule has 0 bridgehead atoms. The Morgan fingerprint density at radius 1 is 1.06 bits per heavy atom. The number of nitrogens with zero attached hydrogens (tertiary/aromatic N) is 2. The molecule has 5 aromatic rings. The minimum Gasteiger partial charge on any atom is -0.459 e. The van der Waals surface area contributed by atoms with Gasteiger partial charge in [-0.25, -0.2) is 9.97 Å². The lowest BCUT2D eigenvalue weighted by Crippen LogP contribution is -2.10. The standard InChI is InChI=1S/C23H16ClN5O2/c24-17-8-7-14(27-23(30)20-6-3-9-31-20)11-16(17)21-28-19-10-13(12-26-22(19)29-21)15-4-1-2-5-18(15)25/h1-12H,25H2,(H,27,30)(H,26,28,29). The smallest absolute Gasteiger partial charge is 0.291 e. The highest BCUT2D eigenvalue weighted by molar-refractivity contribution is 6.33. The number of nitrogen functional groups attached to an aromatic ring is 1. The van der Waals surface area contributed by atoms with Crippen LogP contribution >= 0.6 is 11.6 Å². The molecule has 0 aliphatic carbocycles. The second kappa shape index (κ2) is 7.62. The molecule has 0 saturated carbocycles. The van der Waals surface area contributed by atoms with Crippen LogP contribution in [0.2, 0.25) is 5.02 Å². The van der Waals surface area contributed by atoms with Gasteiger partial charge >= 0.3 is 0 Å². The van der Waals surface area contributed by atoms with Crippen molar-refractivity contribution in [1.82, 2.24) is 15.0 Å². The number of para-hydroxylation sites is 1. The Kier molecular flexibility index (Phi) is 4.65. The number of H-pyrrole nitrogens is 1. The van der Waals surface area contributed by atoms with Gasteiger partial charge in [0.15, 0.2) is 11.4 Å². The maximum atomic E-state index is 12.3. The monoisotopic (exact) mass is 429 g/mol. The van der Waals surface area contributed by atoms with E-state index in [0.29, 0.717) is 33.4 Å². The minimum absolute atomic E-state index is 0.220. The van der Waals surface area contributed by atoms with Crippen LogP contribution in [0.3, 0.4) is 0 Å². The number of pyridine rings is 1. The lowest BCUT2D eigenvalue weighted by atomic mass is 10.1. The van der Waals surface area contributed by atoms with Crippen molar-refractivity contribution >= 4 is 40.0 Å². The minimum atomic E-state index is -0.352. The molecule has 0 unspecified atom stereocenters. The van der Waals surface area contributed by atoms with Crippen molar-refractivity contribution in [1.29, 1.82) is 0 Å². The number of benzene rings is 2. The molecule has 7 nitrogen and oxygen atoms in total. The molecule has 4 N–H and O–H groups in total. The van der Waals surface area contributed by atoms with Crippen molar-refractivity contribution in [3.63, 3.8) is 0 Å². The van der Waals surface area contributed by atoms with Gasteiger partial charge < -0.3 is 20.5 Å². The van der Waals surface area contributed by atoms with E-state index in [0.717, 1.165) is 16.6 Å². The highest BCUT2D eigenvalue weighted by Gasteiger charge is 2.14. The van der Waals surface area contributed by atoms with Crippen LogP contribution in [0.4, 0.5) is 11.4 Å². The number of carbonyl (C=O) groups excluding carboxylic acids is 1. The summed E-state index contributed by atoms with van der Waals surface area (Å²) in [5.74, 6) is 0.409. The highest BCUT2D eigenvalue weighted by atomic mass is 35.5. The number of nitrogens with two attached hydrogens (primary N) is 1. The second-order valence-corrected chi connectivity index (χ2v) is 7.30. The van der Waals surface area contributed by atoms with Crippen LogP contribution in [0.5, 0.6) is 0 Å². The highest BCUT2D eigenvalue weighted by Crippen LogP contribution is 2.32. The van der Waals surface area contributed by atoms with E-state index in [2.05, 4.69) is 20.3 Å². The van der Waals surface area contributed by atoms with Crippen molar-refractivity contribution in [2.45, 2.75) is 0 Å². The van der Waals surface area contributed by atoms with Crippen LogP contribution in [0.25, 0.3) is 33.7 Å². The quantitative estimate of drug-likeness (QED) is 0.332. The van der Waals surface area contributed by atoms with E-state index in [1.807, 2.05) is 30.3 Å². The van der Waals surface area contributed by atoms with E-state index in [1.165, 1.54) is 6.26 Å². The SMILES string of the molecule is Nc1ccccc1-c1cnc2nc(-c3cc(NC(=O)c4ccco4)ccc3Cl)[nH]c2c1. The van der Waals surface area contributed by atoms with Crippen molar-refractivity contribution in [3.05, 3.63) is 83.9 Å². The first-order chi connectivity index (χ1) is 15.1. The molecule has 0 aliphatic heterocycles. The number of halogens is 1. The first-order valence-corrected chi connectivity index (χ1v) is 9.82. The number of aromatic amines is 1. The maximum Gasteiger partial charge on any atom is 0.291 e. The summed E-state index contributed by atoms with van der Waals surface area (Å²) in [6, 6.07) is 18.0. The van der Waals surface area contributed by atoms with Crippen LogP contribution in [0, 0.1) is 0 Å². The summed E-state index contributed by atoms with van der Waals surface area (Å²) < 4.78 is 5.13. The Morgan fingerprint density at radius 3 is 2.74 bits per heavy atom. The number of fused-ring (bicyclic) bond motifs is 1. The fraction of sp³-hybridized carbons (Fsp3) is 0. The number of anilines is 2. The van der Waals surface area contributed by atoms with Gasteiger partial charge in [-0.1, -0.05) is 29.8 Å². The Balaban J connectivity index is 1.50. The topological polar surface area (TPSA) is 110 Å². The number of hydrogen-bond acceptors (Lipinski definition) is 5. The number of carbonyl (C=O) groups is 1. The number of rotatable bonds is 4. The zero-order valence-corrected chi connectivity index (χ0v) is 16.9. The van der Waals surface area contributed by atoms with E-state index in [4.69, 9.17) is 21.8 Å². The lowest BCUT2D eigenvalue weighted by Gasteiger charge is -2.07. The van der Waals surface area contributed by atoms with Crippen molar-refractivity contribution in [2.75, 3.05) is 11.1 Å². The molecule has 3 aromatic heterocycles. The van der Waals surface area contributed by atoms with Gasteiger partial charge in [-0.2, -0.15) is 0 Å². The molecule has 0 atom stereocenters. The number of amides is 1. The molecule has 0 saturated heterocycles. The fourth-order valence-electron chi connectivity index (χ4n) is 3.32. The van der Waals surface area contributed by atoms with E-state index >= 15 is 0 Å². The summed E-state index contributed by atoms with van der Waals surface area (Å²) in [6.07, 6.45) is 3.18. The Bertz CT molecular complexity index is 1410. The molecule has 8 heteroatoms. The summed E-state index contributed by atoms with van der Waals surface area (Å²) in [4.78, 5) is 24.5. The van der Waals surface area contributed by atoms with Crippen LogP contribution < -0.4 is 11.1 Å². The molecule has 2 aromatic carbocycles. The van der Waals surface area contributed by atoms with Gasteiger partial charge in [0, 0.05) is 34.3 Å². The van der Waals surface area contributed by atoms with Crippen LogP contribution in [-0.2, 0) is 0 Å². The van der Waals surface area contributed by atoms with Gasteiger partial charge in [-0.05, 0) is 42.5 Å². The third-order valence-corrected chi connectivity index (χ3v) is 5.16. The van der Waals surface area contributed by atoms with Crippen LogP contribution in [-0.4, -0.2) is 20.9 Å². The molecule has 31 heavy (non-hydrogen) atoms. The predicted octanol–water partition coefficient (Wildman–Crippen LogP) is 5.37. The number of nitrogens with one attached hydrogen (secondary N) is 2. The first kappa shape index (κ1) is 18.9. The van der Waals surface area contributed by atoms with E-state index in [9.17, 15) is 4.79 Å². The van der Waals surface area contributed by atoms with E-state index in [-0.39, 0.29) is 11.7 Å². The van der Waals surface area contributed by atoms with Gasteiger partial charge in [0.25, 0.3) is 5.91 Å². The van der Waals surface area contributed by atoms with Gasteiger partial charge in [-0.15, -0.1) is 0 Å². The average Bonchev–Trinajstić information content (AvgIpc) is 3.45. The third kappa shape index (κ3) is 3.62. The molecule has 0 aliphatic rings. The molecule has 5 rings (SSSR count). The predicted molar refractivity (Wildman–Crippen MR) is 121 cm³/mol. The maximum absolute atomic E-state index is 12.3. The molecular weight excluding hydrogens is 414 g/mol. The zero-order chi connectivity index (χ0) is 21.4. The number of aromatic nitrogens is 3. The normalized spacial score (nSPS) is 11.0. The Hall–Kier alpha value is -4.10. The second-order valence-electron chi connectivity index (χ2n) is 6.89. The van der Waals surface area contributed by atoms with Gasteiger partial charge in [-0.3, -0.25) is 4.79 Å². The zero-order valence-electron chi connectivity index (χ0n) is 16.1. The first-order valence-electron chi connectivity index (χ1n) is 9.44. The van der Waals surface area contributed by atoms with E-state index < -0.39 is 0 Å². The summed E-state index contributed by atoms with van der Waals surface area (Å²) in [5, 5.41) is 3.28. The number of furan rings is 1.